The van der Waals surface area contributed by atoms with E-state index in [1.165, 1.54) is 32.4 Å². The third-order valence-electron chi connectivity index (χ3n) is 4.74. The minimum absolute atomic E-state index is 0.164. The molecule has 31 heavy (non-hydrogen) atoms. The molecule has 0 aliphatic carbocycles. The molecule has 6 nitrogen and oxygen atoms in total. The molecule has 10 heteroatoms. The zero-order chi connectivity index (χ0) is 22.8. The van der Waals surface area contributed by atoms with Crippen LogP contribution in [0.3, 0.4) is 0 Å². The van der Waals surface area contributed by atoms with Crippen LogP contribution < -0.4 is 25.4 Å². The highest BCUT2D eigenvalue weighted by Crippen LogP contribution is 2.40. The molecular weight excluding hydrogens is 431 g/mol. The van der Waals surface area contributed by atoms with Crippen molar-refractivity contribution in [3.05, 3.63) is 64.9 Å². The first-order valence-electron chi connectivity index (χ1n) is 9.14. The molecule has 3 N–H and O–H groups in total. The lowest BCUT2D eigenvalue weighted by Gasteiger charge is -2.31. The van der Waals surface area contributed by atoms with Crippen LogP contribution in [0.2, 0.25) is 0 Å². The van der Waals surface area contributed by atoms with E-state index in [-0.39, 0.29) is 16.4 Å². The molecule has 1 amide bonds. The van der Waals surface area contributed by atoms with E-state index in [4.69, 9.17) is 21.7 Å². The number of allylic oxidation sites excluding steroid dienone is 1. The highest BCUT2D eigenvalue weighted by Gasteiger charge is 2.36. The van der Waals surface area contributed by atoms with Gasteiger partial charge in [-0.25, -0.2) is 0 Å². The number of nitrogens with one attached hydrogen (secondary N) is 3. The monoisotopic (exact) mass is 451 g/mol. The summed E-state index contributed by atoms with van der Waals surface area (Å²) in [5.74, 6) is 0.0960. The van der Waals surface area contributed by atoms with E-state index in [2.05, 4.69) is 16.0 Å². The Kier molecular flexibility index (Phi) is 6.40. The van der Waals surface area contributed by atoms with E-state index < -0.39 is 23.7 Å². The van der Waals surface area contributed by atoms with Crippen molar-refractivity contribution in [2.75, 3.05) is 19.5 Å². The van der Waals surface area contributed by atoms with Crippen LogP contribution in [0.5, 0.6) is 11.5 Å². The molecule has 0 spiro atoms. The highest BCUT2D eigenvalue weighted by atomic mass is 32.1. The number of amides is 1. The molecule has 1 unspecified atom stereocenters. The van der Waals surface area contributed by atoms with Crippen molar-refractivity contribution in [2.45, 2.75) is 19.1 Å². The number of ether oxygens (including phenoxy) is 2. The quantitative estimate of drug-likeness (QED) is 0.594. The summed E-state index contributed by atoms with van der Waals surface area (Å²) in [6, 6.07) is 9.13. The van der Waals surface area contributed by atoms with Crippen LogP contribution in [0.25, 0.3) is 0 Å². The van der Waals surface area contributed by atoms with Crippen LogP contribution in [0.1, 0.15) is 24.1 Å². The smallest absolute Gasteiger partial charge is 0.418 e. The molecule has 0 saturated carbocycles. The lowest BCUT2D eigenvalue weighted by molar-refractivity contribution is -0.137. The van der Waals surface area contributed by atoms with E-state index in [0.717, 1.165) is 6.07 Å². The summed E-state index contributed by atoms with van der Waals surface area (Å²) in [4.78, 5) is 13.2. The topological polar surface area (TPSA) is 71.6 Å². The summed E-state index contributed by atoms with van der Waals surface area (Å²) in [6.45, 7) is 1.62. The molecule has 1 aliphatic heterocycles. The van der Waals surface area contributed by atoms with Crippen LogP contribution in [0, 0.1) is 0 Å². The van der Waals surface area contributed by atoms with E-state index in [0.29, 0.717) is 22.8 Å². The Labute approximate surface area is 182 Å². The number of methoxy groups -OCH3 is 2. The van der Waals surface area contributed by atoms with Gasteiger partial charge in [0.05, 0.1) is 37.1 Å². The van der Waals surface area contributed by atoms with Gasteiger partial charge in [0.2, 0.25) is 0 Å². The number of hydrogen-bond acceptors (Lipinski definition) is 4. The third-order valence-corrected chi connectivity index (χ3v) is 4.96. The second-order valence-corrected chi connectivity index (χ2v) is 7.06. The fourth-order valence-corrected chi connectivity index (χ4v) is 3.67. The summed E-state index contributed by atoms with van der Waals surface area (Å²) >= 11 is 5.23. The van der Waals surface area contributed by atoms with Crippen LogP contribution in [0.15, 0.2) is 53.7 Å². The standard InChI is InChI=1S/C21H20F3N3O3S/c1-11-16(19(28)26-14-9-5-4-8-13(14)21(22,23)24)17(27-20(31)25-11)12-7-6-10-15(29-2)18(12)30-3/h4-10,17H,1-3H3,(H,26,28)(H2,25,27,31). The normalized spacial score (nSPS) is 16.3. The van der Waals surface area contributed by atoms with Gasteiger partial charge in [-0.05, 0) is 37.3 Å². The van der Waals surface area contributed by atoms with Gasteiger partial charge in [-0.3, -0.25) is 4.79 Å². The van der Waals surface area contributed by atoms with Gasteiger partial charge in [-0.15, -0.1) is 0 Å². The molecule has 1 atom stereocenters. The molecule has 3 rings (SSSR count). The number of para-hydroxylation sites is 2. The predicted octanol–water partition coefficient (Wildman–Crippen LogP) is 4.15. The number of carbonyl (C=O) groups is 1. The van der Waals surface area contributed by atoms with Crippen LogP contribution in [-0.4, -0.2) is 25.2 Å². The first-order valence-corrected chi connectivity index (χ1v) is 9.55. The largest absolute Gasteiger partial charge is 0.493 e. The minimum atomic E-state index is -4.62. The van der Waals surface area contributed by atoms with Crippen LogP contribution >= 0.6 is 12.2 Å². The molecule has 0 radical (unpaired) electrons. The Morgan fingerprint density at radius 3 is 2.45 bits per heavy atom. The number of hydrogen-bond donors (Lipinski definition) is 3. The summed E-state index contributed by atoms with van der Waals surface area (Å²) in [5.41, 5.74) is -0.175. The summed E-state index contributed by atoms with van der Waals surface area (Å²) < 4.78 is 50.9. The van der Waals surface area contributed by atoms with Crippen molar-refractivity contribution in [3.8, 4) is 11.5 Å². The SMILES string of the molecule is COc1cccc(C2NC(=S)NC(C)=C2C(=O)Nc2ccccc2C(F)(F)F)c1OC. The molecule has 2 aromatic rings. The number of benzene rings is 2. The van der Waals surface area contributed by atoms with Gasteiger partial charge in [-0.1, -0.05) is 24.3 Å². The lowest BCUT2D eigenvalue weighted by Crippen LogP contribution is -2.46. The Hall–Kier alpha value is -3.27. The second-order valence-electron chi connectivity index (χ2n) is 6.65. The fourth-order valence-electron chi connectivity index (χ4n) is 3.40. The van der Waals surface area contributed by atoms with Gasteiger partial charge < -0.3 is 25.4 Å². The van der Waals surface area contributed by atoms with Gasteiger partial charge in [0.1, 0.15) is 0 Å². The molecule has 0 aromatic heterocycles. The van der Waals surface area contributed by atoms with Crippen LogP contribution in [-0.2, 0) is 11.0 Å². The number of carbonyl (C=O) groups excluding carboxylic acids is 1. The second kappa shape index (κ2) is 8.84. The van der Waals surface area contributed by atoms with Gasteiger partial charge in [0, 0.05) is 11.3 Å². The van der Waals surface area contributed by atoms with Crippen molar-refractivity contribution in [3.63, 3.8) is 0 Å². The lowest BCUT2D eigenvalue weighted by atomic mass is 9.93. The minimum Gasteiger partial charge on any atom is -0.493 e. The first-order chi connectivity index (χ1) is 14.7. The zero-order valence-corrected chi connectivity index (χ0v) is 17.7. The first kappa shape index (κ1) is 22.4. The van der Waals surface area contributed by atoms with Crippen molar-refractivity contribution in [1.82, 2.24) is 10.6 Å². The van der Waals surface area contributed by atoms with Crippen LogP contribution in [0.4, 0.5) is 18.9 Å². The predicted molar refractivity (Wildman–Crippen MR) is 114 cm³/mol. The number of thiocarbonyl (C=S) groups is 1. The summed E-state index contributed by atoms with van der Waals surface area (Å²) in [7, 11) is 2.93. The van der Waals surface area contributed by atoms with Gasteiger partial charge in [0.15, 0.2) is 16.6 Å². The molecule has 1 aliphatic rings. The Morgan fingerprint density at radius 1 is 1.10 bits per heavy atom. The summed E-state index contributed by atoms with van der Waals surface area (Å²) in [5, 5.41) is 8.50. The van der Waals surface area contributed by atoms with E-state index in [1.807, 2.05) is 0 Å². The molecule has 0 bridgehead atoms. The number of alkyl halides is 3. The van der Waals surface area contributed by atoms with Crippen molar-refractivity contribution in [2.24, 2.45) is 0 Å². The molecule has 2 aromatic carbocycles. The fraction of sp³-hybridized carbons (Fsp3) is 0.238. The van der Waals surface area contributed by atoms with Gasteiger partial charge in [-0.2, -0.15) is 13.2 Å². The molecule has 0 saturated heterocycles. The Bertz CT molecular complexity index is 1050. The average molecular weight is 451 g/mol. The van der Waals surface area contributed by atoms with Crippen molar-refractivity contribution in [1.29, 1.82) is 0 Å². The maximum atomic E-state index is 13.4. The van der Waals surface area contributed by atoms with Crippen molar-refractivity contribution < 1.29 is 27.4 Å². The van der Waals surface area contributed by atoms with Crippen molar-refractivity contribution >= 4 is 28.9 Å². The number of rotatable bonds is 5. The average Bonchev–Trinajstić information content (AvgIpc) is 2.71. The number of halogens is 3. The van der Waals surface area contributed by atoms with E-state index >= 15 is 0 Å². The maximum Gasteiger partial charge on any atom is 0.418 e. The molecule has 164 valence electrons. The molecule has 0 fully saturated rings. The Morgan fingerprint density at radius 2 is 1.81 bits per heavy atom. The zero-order valence-electron chi connectivity index (χ0n) is 16.9. The van der Waals surface area contributed by atoms with E-state index in [9.17, 15) is 18.0 Å². The van der Waals surface area contributed by atoms with E-state index in [1.54, 1.807) is 25.1 Å². The number of anilines is 1. The Balaban J connectivity index is 2.06. The molecule has 1 heterocycles. The highest BCUT2D eigenvalue weighted by molar-refractivity contribution is 7.80. The maximum absolute atomic E-state index is 13.4. The third kappa shape index (κ3) is 4.58. The van der Waals surface area contributed by atoms with Gasteiger partial charge >= 0.3 is 6.18 Å². The summed E-state index contributed by atoms with van der Waals surface area (Å²) in [6.07, 6.45) is -4.62. The van der Waals surface area contributed by atoms with Gasteiger partial charge in [0.25, 0.3) is 5.91 Å². The molecular formula is C21H20F3N3O3S.